The Bertz CT molecular complexity index is 1190. The number of aliphatic hydroxyl groups excluding tert-OH is 1. The molecule has 0 saturated heterocycles. The smallest absolute Gasteiger partial charge is 0.391 e. The average Bonchev–Trinajstić information content (AvgIpc) is 2.71. The highest BCUT2D eigenvalue weighted by atomic mass is 35.5. The van der Waals surface area contributed by atoms with Crippen LogP contribution in [0.5, 0.6) is 0 Å². The summed E-state index contributed by atoms with van der Waals surface area (Å²) >= 11 is 5.87. The summed E-state index contributed by atoms with van der Waals surface area (Å²) in [7, 11) is 0. The number of aliphatic hydroxyl groups is 1. The van der Waals surface area contributed by atoms with Crippen molar-refractivity contribution in [1.29, 1.82) is 0 Å². The van der Waals surface area contributed by atoms with E-state index in [0.29, 0.717) is 15.3 Å². The number of carbonyl (C=O) groups excluding carboxylic acids is 1. The van der Waals surface area contributed by atoms with Gasteiger partial charge in [-0.1, -0.05) is 29.8 Å². The number of rotatable bonds is 5. The Morgan fingerprint density at radius 1 is 1.16 bits per heavy atom. The molecule has 0 aliphatic rings. The zero-order chi connectivity index (χ0) is 23.6. The van der Waals surface area contributed by atoms with Gasteiger partial charge in [-0.2, -0.15) is 23.0 Å². The van der Waals surface area contributed by atoms with Crippen LogP contribution in [0.15, 0.2) is 59.4 Å². The minimum atomic E-state index is -4.96. The van der Waals surface area contributed by atoms with Crippen LogP contribution in [0.2, 0.25) is 5.02 Å². The van der Waals surface area contributed by atoms with Crippen molar-refractivity contribution in [2.45, 2.75) is 25.2 Å². The SMILES string of the molecule is C[C@H](O)[C@H](NC(=O)c1cc(-c2ccc(Cl)cc2)nn(-c2cccc(F)c2)c1=O)C(F)(F)F. The van der Waals surface area contributed by atoms with Crippen molar-refractivity contribution < 1.29 is 27.5 Å². The van der Waals surface area contributed by atoms with Crippen molar-refractivity contribution in [3.8, 4) is 16.9 Å². The zero-order valence-corrected chi connectivity index (χ0v) is 17.2. The first-order chi connectivity index (χ1) is 15.0. The summed E-state index contributed by atoms with van der Waals surface area (Å²) in [6, 6.07) is 9.27. The minimum absolute atomic E-state index is 0.0391. The maximum absolute atomic E-state index is 13.7. The molecule has 0 spiro atoms. The van der Waals surface area contributed by atoms with Crippen molar-refractivity contribution in [2.75, 3.05) is 0 Å². The summed E-state index contributed by atoms with van der Waals surface area (Å²) in [5.74, 6) is -2.06. The van der Waals surface area contributed by atoms with Gasteiger partial charge in [0.1, 0.15) is 11.4 Å². The van der Waals surface area contributed by atoms with Crippen LogP contribution >= 0.6 is 11.6 Å². The lowest BCUT2D eigenvalue weighted by Gasteiger charge is -2.24. The zero-order valence-electron chi connectivity index (χ0n) is 16.4. The van der Waals surface area contributed by atoms with Crippen molar-refractivity contribution >= 4 is 17.5 Å². The van der Waals surface area contributed by atoms with Gasteiger partial charge in [0.25, 0.3) is 11.5 Å². The predicted octanol–water partition coefficient (Wildman–Crippen LogP) is 3.73. The number of hydrogen-bond acceptors (Lipinski definition) is 4. The van der Waals surface area contributed by atoms with E-state index in [1.54, 1.807) is 5.32 Å². The number of nitrogens with one attached hydrogen (secondary N) is 1. The van der Waals surface area contributed by atoms with E-state index < -0.39 is 41.2 Å². The van der Waals surface area contributed by atoms with Crippen LogP contribution < -0.4 is 10.9 Å². The summed E-state index contributed by atoms with van der Waals surface area (Å²) in [4.78, 5) is 25.6. The molecule has 1 amide bonds. The van der Waals surface area contributed by atoms with Crippen LogP contribution in [0.3, 0.4) is 0 Å². The van der Waals surface area contributed by atoms with Crippen molar-refractivity contribution in [1.82, 2.24) is 15.1 Å². The Kier molecular flexibility index (Phi) is 6.65. The molecular formula is C21H16ClF4N3O3. The molecule has 11 heteroatoms. The highest BCUT2D eigenvalue weighted by Gasteiger charge is 2.44. The molecule has 6 nitrogen and oxygen atoms in total. The van der Waals surface area contributed by atoms with E-state index in [0.717, 1.165) is 25.1 Å². The summed E-state index contributed by atoms with van der Waals surface area (Å²) in [5.41, 5.74) is -1.34. The van der Waals surface area contributed by atoms with Gasteiger partial charge in [-0.05, 0) is 43.3 Å². The second-order valence-corrected chi connectivity index (χ2v) is 7.32. The molecule has 3 aromatic rings. The normalized spacial score (nSPS) is 13.5. The third-order valence-corrected chi connectivity index (χ3v) is 4.72. The van der Waals surface area contributed by atoms with Crippen LogP contribution in [0.25, 0.3) is 16.9 Å². The first-order valence-corrected chi connectivity index (χ1v) is 9.57. The van der Waals surface area contributed by atoms with Crippen LogP contribution in [0, 0.1) is 5.82 Å². The quantitative estimate of drug-likeness (QED) is 0.558. The molecule has 0 radical (unpaired) electrons. The molecule has 0 fully saturated rings. The number of aromatic nitrogens is 2. The third-order valence-electron chi connectivity index (χ3n) is 4.47. The maximum Gasteiger partial charge on any atom is 0.411 e. The Morgan fingerprint density at radius 2 is 1.81 bits per heavy atom. The summed E-state index contributed by atoms with van der Waals surface area (Å²) in [5, 5.41) is 15.6. The van der Waals surface area contributed by atoms with E-state index in [-0.39, 0.29) is 11.4 Å². The van der Waals surface area contributed by atoms with E-state index in [4.69, 9.17) is 11.6 Å². The fraction of sp³-hybridized carbons (Fsp3) is 0.190. The lowest BCUT2D eigenvalue weighted by atomic mass is 10.1. The number of nitrogens with zero attached hydrogens (tertiary/aromatic N) is 2. The minimum Gasteiger partial charge on any atom is -0.391 e. The molecule has 2 atom stereocenters. The van der Waals surface area contributed by atoms with Crippen LogP contribution in [-0.4, -0.2) is 39.1 Å². The largest absolute Gasteiger partial charge is 0.411 e. The van der Waals surface area contributed by atoms with Gasteiger partial charge in [0.2, 0.25) is 0 Å². The lowest BCUT2D eigenvalue weighted by molar-refractivity contribution is -0.172. The van der Waals surface area contributed by atoms with Crippen molar-refractivity contribution in [3.63, 3.8) is 0 Å². The van der Waals surface area contributed by atoms with Crippen LogP contribution in [-0.2, 0) is 0 Å². The Balaban J connectivity index is 2.17. The highest BCUT2D eigenvalue weighted by Crippen LogP contribution is 2.24. The molecule has 2 aromatic carbocycles. The lowest BCUT2D eigenvalue weighted by Crippen LogP contribution is -2.52. The van der Waals surface area contributed by atoms with E-state index in [1.807, 2.05) is 0 Å². The molecule has 32 heavy (non-hydrogen) atoms. The fourth-order valence-electron chi connectivity index (χ4n) is 2.90. The number of halogens is 5. The number of alkyl halides is 3. The molecule has 0 bridgehead atoms. The van der Waals surface area contributed by atoms with Gasteiger partial charge in [-0.3, -0.25) is 9.59 Å². The van der Waals surface area contributed by atoms with E-state index in [2.05, 4.69) is 5.10 Å². The Hall–Kier alpha value is -3.24. The molecular weight excluding hydrogens is 454 g/mol. The molecule has 3 rings (SSSR count). The summed E-state index contributed by atoms with van der Waals surface area (Å²) < 4.78 is 54.0. The van der Waals surface area contributed by atoms with Gasteiger partial charge < -0.3 is 10.4 Å². The third kappa shape index (κ3) is 5.14. The summed E-state index contributed by atoms with van der Waals surface area (Å²) in [6.07, 6.45) is -6.93. The molecule has 1 aromatic heterocycles. The van der Waals surface area contributed by atoms with Gasteiger partial charge in [0, 0.05) is 10.6 Å². The Labute approximate surface area is 184 Å². The van der Waals surface area contributed by atoms with Gasteiger partial charge in [0.15, 0.2) is 6.04 Å². The average molecular weight is 470 g/mol. The molecule has 0 unspecified atom stereocenters. The molecule has 2 N–H and O–H groups in total. The predicted molar refractivity (Wildman–Crippen MR) is 109 cm³/mol. The first kappa shape index (κ1) is 23.4. The fourth-order valence-corrected chi connectivity index (χ4v) is 3.02. The topological polar surface area (TPSA) is 84.2 Å². The van der Waals surface area contributed by atoms with E-state index in [1.165, 1.54) is 36.4 Å². The molecule has 0 saturated carbocycles. The number of benzene rings is 2. The van der Waals surface area contributed by atoms with Gasteiger partial charge in [0.05, 0.1) is 17.5 Å². The van der Waals surface area contributed by atoms with E-state index in [9.17, 15) is 32.3 Å². The molecule has 168 valence electrons. The van der Waals surface area contributed by atoms with Crippen molar-refractivity contribution in [3.05, 3.63) is 81.4 Å². The van der Waals surface area contributed by atoms with Crippen LogP contribution in [0.1, 0.15) is 17.3 Å². The summed E-state index contributed by atoms with van der Waals surface area (Å²) in [6.45, 7) is 0.856. The first-order valence-electron chi connectivity index (χ1n) is 9.19. The second-order valence-electron chi connectivity index (χ2n) is 6.88. The van der Waals surface area contributed by atoms with Gasteiger partial charge >= 0.3 is 6.18 Å². The molecule has 0 aliphatic carbocycles. The standard InChI is InChI=1S/C21H16ClF4N3O3/c1-11(30)18(21(24,25)26)27-19(31)16-10-17(12-5-7-13(22)8-6-12)28-29(20(16)32)15-4-2-3-14(23)9-15/h2-11,18,30H,1H3,(H,27,31)/t11-,18-/m0/s1. The molecule has 1 heterocycles. The van der Waals surface area contributed by atoms with Gasteiger partial charge in [-0.15, -0.1) is 0 Å². The second kappa shape index (κ2) is 9.09. The number of hydrogen-bond donors (Lipinski definition) is 2. The van der Waals surface area contributed by atoms with Crippen LogP contribution in [0.4, 0.5) is 17.6 Å². The monoisotopic (exact) mass is 469 g/mol. The maximum atomic E-state index is 13.7. The van der Waals surface area contributed by atoms with E-state index >= 15 is 0 Å². The number of carbonyl (C=O) groups is 1. The van der Waals surface area contributed by atoms with Gasteiger partial charge in [-0.25, -0.2) is 4.39 Å². The Morgan fingerprint density at radius 3 is 2.38 bits per heavy atom. The molecule has 0 aliphatic heterocycles. The number of amides is 1. The highest BCUT2D eigenvalue weighted by molar-refractivity contribution is 6.30. The van der Waals surface area contributed by atoms with Crippen molar-refractivity contribution in [2.24, 2.45) is 0 Å².